The second kappa shape index (κ2) is 9.13. The van der Waals surface area contributed by atoms with E-state index >= 15 is 0 Å². The average molecular weight is 497 g/mol. The number of unbranched alkanes of at least 4 members (excludes halogenated alkanes) is 1. The molecule has 8 heteroatoms. The molecule has 5 atom stereocenters. The van der Waals surface area contributed by atoms with Crippen LogP contribution >= 0.6 is 11.8 Å². The van der Waals surface area contributed by atoms with Gasteiger partial charge in [-0.3, -0.25) is 14.4 Å². The van der Waals surface area contributed by atoms with Gasteiger partial charge < -0.3 is 20.1 Å². The zero-order valence-corrected chi connectivity index (χ0v) is 21.0. The lowest BCUT2D eigenvalue weighted by atomic mass is 9.66. The van der Waals surface area contributed by atoms with Crippen molar-refractivity contribution >= 4 is 46.0 Å². The van der Waals surface area contributed by atoms with Crippen molar-refractivity contribution < 1.29 is 24.2 Å². The van der Waals surface area contributed by atoms with E-state index in [2.05, 4.69) is 5.32 Å². The lowest BCUT2D eigenvalue weighted by Crippen LogP contribution is -2.51. The number of nitrogens with one attached hydrogen (secondary N) is 1. The maximum absolute atomic E-state index is 13.9. The monoisotopic (exact) mass is 496 g/mol. The fraction of sp³-hybridized carbons (Fsp3) is 0.519. The van der Waals surface area contributed by atoms with Crippen LogP contribution in [0, 0.1) is 11.8 Å². The van der Waals surface area contributed by atoms with Gasteiger partial charge in [-0.15, -0.1) is 11.8 Å². The van der Waals surface area contributed by atoms with Crippen molar-refractivity contribution in [2.45, 2.75) is 55.1 Å². The molecule has 3 aliphatic rings. The van der Waals surface area contributed by atoms with Crippen molar-refractivity contribution in [1.29, 1.82) is 0 Å². The van der Waals surface area contributed by atoms with E-state index in [4.69, 9.17) is 4.74 Å². The summed E-state index contributed by atoms with van der Waals surface area (Å²) in [5.41, 5.74) is 0.682. The van der Waals surface area contributed by atoms with Crippen LogP contribution in [-0.4, -0.2) is 63.1 Å². The summed E-state index contributed by atoms with van der Waals surface area (Å²) in [4.78, 5) is 42.4. The molecule has 0 saturated carbocycles. The number of benzene rings is 2. The van der Waals surface area contributed by atoms with Crippen molar-refractivity contribution in [3.05, 3.63) is 42.5 Å². The van der Waals surface area contributed by atoms with E-state index in [9.17, 15) is 19.5 Å². The van der Waals surface area contributed by atoms with Gasteiger partial charge in [0.2, 0.25) is 11.8 Å². The molecule has 35 heavy (non-hydrogen) atoms. The topological polar surface area (TPSA) is 95.9 Å². The highest BCUT2D eigenvalue weighted by molar-refractivity contribution is 8.02. The van der Waals surface area contributed by atoms with Crippen molar-refractivity contribution in [3.63, 3.8) is 0 Å². The normalized spacial score (nSPS) is 31.1. The van der Waals surface area contributed by atoms with Crippen molar-refractivity contribution in [2.24, 2.45) is 11.8 Å². The summed E-state index contributed by atoms with van der Waals surface area (Å²) < 4.78 is 4.32. The van der Waals surface area contributed by atoms with Crippen LogP contribution in [0.15, 0.2) is 42.5 Å². The predicted octanol–water partition coefficient (Wildman–Crippen LogP) is 3.60. The zero-order chi connectivity index (χ0) is 24.8. The third-order valence-corrected chi connectivity index (χ3v) is 9.88. The Labute approximate surface area is 209 Å². The third kappa shape index (κ3) is 3.82. The fourth-order valence-corrected chi connectivity index (χ4v) is 8.77. The summed E-state index contributed by atoms with van der Waals surface area (Å²) in [6, 6.07) is 13.1. The summed E-state index contributed by atoms with van der Waals surface area (Å²) in [7, 11) is 0. The number of fused-ring (bicyclic) bond motifs is 2. The predicted molar refractivity (Wildman–Crippen MR) is 136 cm³/mol. The summed E-state index contributed by atoms with van der Waals surface area (Å²) in [5.74, 6) is -1.84. The van der Waals surface area contributed by atoms with Crippen LogP contribution in [0.3, 0.4) is 0 Å². The van der Waals surface area contributed by atoms with E-state index in [-0.39, 0.29) is 31.0 Å². The van der Waals surface area contributed by atoms with Gasteiger partial charge >= 0.3 is 5.97 Å². The van der Waals surface area contributed by atoms with Gasteiger partial charge in [-0.2, -0.15) is 0 Å². The van der Waals surface area contributed by atoms with Gasteiger partial charge in [0.05, 0.1) is 23.2 Å². The maximum atomic E-state index is 13.9. The Kier molecular flexibility index (Phi) is 6.30. The SMILES string of the molecule is CCOC(=O)[C@@H]1[C@H]2C(=O)N(CCCCO)C(C(=O)Nc3ccc4ccccc4c3)C23CC[C@@]1(C)S3. The molecule has 3 heterocycles. The van der Waals surface area contributed by atoms with Crippen LogP contribution < -0.4 is 5.32 Å². The second-order valence-electron chi connectivity index (χ2n) is 9.99. The van der Waals surface area contributed by atoms with E-state index in [0.29, 0.717) is 31.5 Å². The Morgan fingerprint density at radius 2 is 1.94 bits per heavy atom. The molecule has 7 nitrogen and oxygen atoms in total. The molecular weight excluding hydrogens is 464 g/mol. The number of thioether (sulfide) groups is 1. The molecule has 0 aliphatic carbocycles. The Balaban J connectivity index is 1.49. The molecule has 2 aromatic rings. The molecule has 2 N–H and O–H groups in total. The van der Waals surface area contributed by atoms with Gasteiger partial charge in [-0.25, -0.2) is 0 Å². The first-order chi connectivity index (χ1) is 16.8. The van der Waals surface area contributed by atoms with Gasteiger partial charge in [0.25, 0.3) is 0 Å². The number of esters is 1. The number of anilines is 1. The number of rotatable bonds is 8. The lowest BCUT2D eigenvalue weighted by molar-refractivity contribution is -0.155. The highest BCUT2D eigenvalue weighted by Gasteiger charge is 2.77. The Bertz CT molecular complexity index is 1170. The minimum absolute atomic E-state index is 0.0306. The number of carbonyl (C=O) groups excluding carboxylic acids is 3. The largest absolute Gasteiger partial charge is 0.466 e. The number of amides is 2. The highest BCUT2D eigenvalue weighted by atomic mass is 32.2. The second-order valence-corrected chi connectivity index (χ2v) is 11.9. The summed E-state index contributed by atoms with van der Waals surface area (Å²) in [6.07, 6.45) is 2.60. The van der Waals surface area contributed by atoms with E-state index in [1.807, 2.05) is 49.4 Å². The minimum Gasteiger partial charge on any atom is -0.466 e. The summed E-state index contributed by atoms with van der Waals surface area (Å²) in [6.45, 7) is 4.47. The Hall–Kier alpha value is -2.58. The summed E-state index contributed by atoms with van der Waals surface area (Å²) in [5, 5.41) is 14.5. The van der Waals surface area contributed by atoms with Crippen molar-refractivity contribution in [1.82, 2.24) is 4.90 Å². The molecule has 5 rings (SSSR count). The van der Waals surface area contributed by atoms with Crippen LogP contribution in [0.25, 0.3) is 10.8 Å². The highest BCUT2D eigenvalue weighted by Crippen LogP contribution is 2.71. The molecular formula is C27H32N2O5S. The Morgan fingerprint density at radius 3 is 2.69 bits per heavy atom. The van der Waals surface area contributed by atoms with Gasteiger partial charge in [-0.1, -0.05) is 30.3 Å². The minimum atomic E-state index is -0.684. The first-order valence-electron chi connectivity index (χ1n) is 12.4. The maximum Gasteiger partial charge on any atom is 0.311 e. The molecule has 0 aromatic heterocycles. The smallest absolute Gasteiger partial charge is 0.311 e. The number of carbonyl (C=O) groups is 3. The number of nitrogens with zero attached hydrogens (tertiary/aromatic N) is 1. The summed E-state index contributed by atoms with van der Waals surface area (Å²) >= 11 is 1.64. The number of aliphatic hydroxyl groups excluding tert-OH is 1. The first-order valence-corrected chi connectivity index (χ1v) is 13.2. The molecule has 3 aliphatic heterocycles. The Morgan fingerprint density at radius 1 is 1.17 bits per heavy atom. The quantitative estimate of drug-likeness (QED) is 0.428. The number of hydrogen-bond acceptors (Lipinski definition) is 6. The van der Waals surface area contributed by atoms with Crippen molar-refractivity contribution in [2.75, 3.05) is 25.1 Å². The van der Waals surface area contributed by atoms with Gasteiger partial charge in [0.1, 0.15) is 6.04 Å². The first kappa shape index (κ1) is 24.1. The van der Waals surface area contributed by atoms with Crippen LogP contribution in [0.5, 0.6) is 0 Å². The lowest BCUT2D eigenvalue weighted by Gasteiger charge is -2.34. The zero-order valence-electron chi connectivity index (χ0n) is 20.2. The van der Waals surface area contributed by atoms with Gasteiger partial charge in [-0.05, 0) is 62.4 Å². The number of aliphatic hydroxyl groups is 1. The van der Waals surface area contributed by atoms with Gasteiger partial charge in [0, 0.05) is 23.6 Å². The molecule has 2 aromatic carbocycles. The van der Waals surface area contributed by atoms with E-state index < -0.39 is 27.4 Å². The van der Waals surface area contributed by atoms with Gasteiger partial charge in [0.15, 0.2) is 0 Å². The third-order valence-electron chi connectivity index (χ3n) is 7.89. The van der Waals surface area contributed by atoms with E-state index in [1.54, 1.807) is 23.6 Å². The standard InChI is InChI=1S/C27H32N2O5S/c1-3-34-25(33)21-20-24(32)29(14-6-7-15-30)22(27(20)13-12-26(21,2)35-27)23(31)28-19-11-10-17-8-4-5-9-18(17)16-19/h4-5,8-11,16,20-22,30H,3,6-7,12-15H2,1-2H3,(H,28,31)/t20-,21-,22?,26+,27?/m0/s1. The molecule has 1 spiro atoms. The molecule has 2 unspecified atom stereocenters. The molecule has 3 fully saturated rings. The number of hydrogen-bond donors (Lipinski definition) is 2. The van der Waals surface area contributed by atoms with Crippen LogP contribution in [0.4, 0.5) is 5.69 Å². The van der Waals surface area contributed by atoms with E-state index in [0.717, 1.165) is 17.2 Å². The average Bonchev–Trinajstić information content (AvgIpc) is 3.40. The van der Waals surface area contributed by atoms with Crippen LogP contribution in [0.2, 0.25) is 0 Å². The molecule has 3 saturated heterocycles. The van der Waals surface area contributed by atoms with E-state index in [1.165, 1.54) is 0 Å². The fourth-order valence-electron chi connectivity index (χ4n) is 6.43. The molecule has 2 bridgehead atoms. The molecule has 186 valence electrons. The molecule has 2 amide bonds. The van der Waals surface area contributed by atoms with Crippen LogP contribution in [0.1, 0.15) is 39.5 Å². The number of ether oxygens (including phenoxy) is 1. The number of likely N-dealkylation sites (tertiary alicyclic amines) is 1. The van der Waals surface area contributed by atoms with Crippen molar-refractivity contribution in [3.8, 4) is 0 Å². The molecule has 0 radical (unpaired) electrons. The van der Waals surface area contributed by atoms with Crippen LogP contribution in [-0.2, 0) is 19.1 Å².